The Morgan fingerprint density at radius 1 is 1.23 bits per heavy atom. The summed E-state index contributed by atoms with van der Waals surface area (Å²) in [6.07, 6.45) is 0.130. The summed E-state index contributed by atoms with van der Waals surface area (Å²) < 4.78 is 29.7. The van der Waals surface area contributed by atoms with Gasteiger partial charge < -0.3 is 21.3 Å². The summed E-state index contributed by atoms with van der Waals surface area (Å²) in [6.45, 7) is -0.653. The Hall–Kier alpha value is -3.99. The number of rotatable bonds is 5. The van der Waals surface area contributed by atoms with Crippen LogP contribution in [0, 0.1) is 5.82 Å². The van der Waals surface area contributed by atoms with Gasteiger partial charge in [-0.05, 0) is 18.2 Å². The van der Waals surface area contributed by atoms with E-state index in [-0.39, 0.29) is 41.3 Å². The van der Waals surface area contributed by atoms with Crippen molar-refractivity contribution in [2.24, 2.45) is 5.73 Å². The molecular formula is C23H20ClF2N5O4. The largest absolute Gasteiger partial charge is 0.351 e. The first kappa shape index (κ1) is 24.1. The van der Waals surface area contributed by atoms with Gasteiger partial charge in [-0.2, -0.15) is 0 Å². The summed E-state index contributed by atoms with van der Waals surface area (Å²) in [5.41, 5.74) is 6.21. The van der Waals surface area contributed by atoms with E-state index in [0.29, 0.717) is 17.2 Å². The number of primary amides is 1. The molecule has 2 heterocycles. The fourth-order valence-electron chi connectivity index (χ4n) is 4.07. The molecule has 35 heavy (non-hydrogen) atoms. The molecule has 0 aliphatic carbocycles. The first-order valence-corrected chi connectivity index (χ1v) is 10.9. The number of nitrogens with two attached hydrogens (primary N) is 1. The van der Waals surface area contributed by atoms with Crippen LogP contribution in [-0.2, 0) is 11.3 Å². The number of nitrogens with zero attached hydrogens (tertiary/aromatic N) is 2. The van der Waals surface area contributed by atoms with Crippen LogP contribution in [0.15, 0.2) is 42.6 Å². The zero-order chi connectivity index (χ0) is 25.3. The number of hydrogen-bond donors (Lipinski definition) is 3. The van der Waals surface area contributed by atoms with Crippen molar-refractivity contribution in [3.8, 4) is 0 Å². The van der Waals surface area contributed by atoms with Crippen molar-refractivity contribution >= 4 is 52.4 Å². The Kier molecular flexibility index (Phi) is 6.70. The molecule has 1 saturated heterocycles. The van der Waals surface area contributed by atoms with Gasteiger partial charge >= 0.3 is 12.1 Å². The summed E-state index contributed by atoms with van der Waals surface area (Å²) in [7, 11) is 0. The van der Waals surface area contributed by atoms with Gasteiger partial charge in [0.05, 0.1) is 22.8 Å². The van der Waals surface area contributed by atoms with Crippen LogP contribution in [0.2, 0.25) is 5.02 Å². The van der Waals surface area contributed by atoms with Gasteiger partial charge in [0, 0.05) is 35.7 Å². The smallest absolute Gasteiger partial charge is 0.323 e. The second-order valence-corrected chi connectivity index (χ2v) is 8.42. The average molecular weight is 504 g/mol. The number of carbonyl (C=O) groups is 4. The number of fused-ring (bicyclic) bond motifs is 1. The second-order valence-electron chi connectivity index (χ2n) is 8.01. The lowest BCUT2D eigenvalue weighted by Crippen LogP contribution is -2.47. The number of para-hydroxylation sites is 1. The number of amides is 4. The topological polar surface area (TPSA) is 127 Å². The van der Waals surface area contributed by atoms with Crippen LogP contribution in [0.5, 0.6) is 0 Å². The lowest BCUT2D eigenvalue weighted by atomic mass is 10.1. The molecule has 4 amide bonds. The third-order valence-corrected chi connectivity index (χ3v) is 5.99. The lowest BCUT2D eigenvalue weighted by Gasteiger charge is -2.24. The summed E-state index contributed by atoms with van der Waals surface area (Å²) in [6, 6.07) is 6.43. The Bertz CT molecular complexity index is 1340. The maximum absolute atomic E-state index is 14.3. The van der Waals surface area contributed by atoms with Gasteiger partial charge in [0.2, 0.25) is 5.91 Å². The molecule has 3 aromatic rings. The van der Waals surface area contributed by atoms with E-state index >= 15 is 0 Å². The molecule has 0 radical (unpaired) electrons. The van der Waals surface area contributed by atoms with Crippen molar-refractivity contribution < 1.29 is 28.0 Å². The summed E-state index contributed by atoms with van der Waals surface area (Å²) in [5.74, 6) is -1.50. The van der Waals surface area contributed by atoms with Gasteiger partial charge in [0.25, 0.3) is 0 Å². The molecule has 2 atom stereocenters. The van der Waals surface area contributed by atoms with Gasteiger partial charge in [-0.25, -0.2) is 18.4 Å². The fourth-order valence-corrected chi connectivity index (χ4v) is 4.32. The maximum Gasteiger partial charge on any atom is 0.323 e. The van der Waals surface area contributed by atoms with E-state index in [1.54, 1.807) is 24.3 Å². The highest BCUT2D eigenvalue weighted by Crippen LogP contribution is 2.28. The number of nitrogens with one attached hydrogen (secondary N) is 2. The average Bonchev–Trinajstić information content (AvgIpc) is 3.41. The van der Waals surface area contributed by atoms with Gasteiger partial charge in [-0.3, -0.25) is 14.2 Å². The monoisotopic (exact) mass is 503 g/mol. The van der Waals surface area contributed by atoms with Crippen molar-refractivity contribution in [1.82, 2.24) is 14.8 Å². The normalized spacial score (nSPS) is 17.4. The second kappa shape index (κ2) is 9.71. The summed E-state index contributed by atoms with van der Waals surface area (Å²) >= 11 is 5.78. The predicted molar refractivity (Wildman–Crippen MR) is 125 cm³/mol. The van der Waals surface area contributed by atoms with E-state index in [1.807, 2.05) is 0 Å². The van der Waals surface area contributed by atoms with E-state index in [0.717, 1.165) is 15.5 Å². The molecule has 182 valence electrons. The van der Waals surface area contributed by atoms with Crippen LogP contribution in [0.4, 0.5) is 24.1 Å². The molecule has 4 N–H and O–H groups in total. The van der Waals surface area contributed by atoms with Crippen LogP contribution in [-0.4, -0.2) is 52.5 Å². The zero-order valence-electron chi connectivity index (χ0n) is 18.1. The molecule has 0 bridgehead atoms. The number of urea groups is 1. The minimum Gasteiger partial charge on any atom is -0.351 e. The highest BCUT2D eigenvalue weighted by molar-refractivity contribution is 6.31. The summed E-state index contributed by atoms with van der Waals surface area (Å²) in [4.78, 5) is 49.5. The number of aldehydes is 1. The minimum absolute atomic E-state index is 0.0296. The molecule has 9 nitrogen and oxygen atoms in total. The van der Waals surface area contributed by atoms with Crippen LogP contribution in [0.3, 0.4) is 0 Å². The van der Waals surface area contributed by atoms with Crippen molar-refractivity contribution in [1.29, 1.82) is 0 Å². The first-order chi connectivity index (χ1) is 16.7. The van der Waals surface area contributed by atoms with E-state index < -0.39 is 36.0 Å². The molecule has 1 fully saturated rings. The SMILES string of the molecule is NC(=O)n1cc(NC(=O)N2C[C@H](F)C[C@H]2C(=O)NCc2cc(C=O)cc(Cl)c2F)c2ccccc21. The number of hydrogen-bond acceptors (Lipinski definition) is 4. The molecule has 1 aliphatic rings. The summed E-state index contributed by atoms with van der Waals surface area (Å²) in [5, 5.41) is 5.33. The highest BCUT2D eigenvalue weighted by atomic mass is 35.5. The van der Waals surface area contributed by atoms with Crippen LogP contribution >= 0.6 is 11.6 Å². The van der Waals surface area contributed by atoms with Crippen molar-refractivity contribution in [2.45, 2.75) is 25.2 Å². The minimum atomic E-state index is -1.45. The van der Waals surface area contributed by atoms with Gasteiger partial charge in [-0.15, -0.1) is 0 Å². The number of alkyl halides is 1. The zero-order valence-corrected chi connectivity index (χ0v) is 18.9. The van der Waals surface area contributed by atoms with E-state index in [9.17, 15) is 28.0 Å². The van der Waals surface area contributed by atoms with E-state index in [4.69, 9.17) is 17.3 Å². The van der Waals surface area contributed by atoms with Crippen molar-refractivity contribution in [3.63, 3.8) is 0 Å². The van der Waals surface area contributed by atoms with Crippen LogP contribution in [0.1, 0.15) is 22.3 Å². The van der Waals surface area contributed by atoms with Crippen molar-refractivity contribution in [3.05, 3.63) is 64.6 Å². The molecule has 0 saturated carbocycles. The third-order valence-electron chi connectivity index (χ3n) is 5.72. The molecular weight excluding hydrogens is 484 g/mol. The van der Waals surface area contributed by atoms with E-state index in [1.165, 1.54) is 12.3 Å². The number of anilines is 1. The van der Waals surface area contributed by atoms with Crippen LogP contribution in [0.25, 0.3) is 10.9 Å². The Morgan fingerprint density at radius 3 is 2.69 bits per heavy atom. The first-order valence-electron chi connectivity index (χ1n) is 10.5. The highest BCUT2D eigenvalue weighted by Gasteiger charge is 2.40. The Labute approximate surface area is 202 Å². The lowest BCUT2D eigenvalue weighted by molar-refractivity contribution is -0.124. The molecule has 1 aliphatic heterocycles. The third kappa shape index (κ3) is 4.80. The molecule has 2 aromatic carbocycles. The van der Waals surface area contributed by atoms with Crippen LogP contribution < -0.4 is 16.4 Å². The predicted octanol–water partition coefficient (Wildman–Crippen LogP) is 3.43. The standard InChI is InChI=1S/C23H20ClF2N5O4/c24-16-6-12(11-32)5-13(20(16)26)8-28-21(33)19-7-14(25)9-31(19)23(35)29-17-10-30(22(27)34)18-4-2-1-3-15(17)18/h1-6,10-11,14,19H,7-9H2,(H2,27,34)(H,28,33)(H,29,35)/t14-,19+/m1/s1. The Morgan fingerprint density at radius 2 is 1.97 bits per heavy atom. The number of aromatic nitrogens is 1. The van der Waals surface area contributed by atoms with Crippen molar-refractivity contribution in [2.75, 3.05) is 11.9 Å². The fraction of sp³-hybridized carbons (Fsp3) is 0.217. The Balaban J connectivity index is 1.51. The number of likely N-dealkylation sites (tertiary alicyclic amines) is 1. The van der Waals surface area contributed by atoms with Gasteiger partial charge in [0.15, 0.2) is 0 Å². The number of halogens is 3. The van der Waals surface area contributed by atoms with Gasteiger partial charge in [0.1, 0.15) is 24.3 Å². The van der Waals surface area contributed by atoms with Gasteiger partial charge in [-0.1, -0.05) is 29.8 Å². The van der Waals surface area contributed by atoms with E-state index in [2.05, 4.69) is 10.6 Å². The molecule has 12 heteroatoms. The quantitative estimate of drug-likeness (QED) is 0.461. The number of benzene rings is 2. The maximum atomic E-state index is 14.3. The molecule has 1 aromatic heterocycles. The molecule has 4 rings (SSSR count). The molecule has 0 spiro atoms. The molecule has 0 unspecified atom stereocenters. The number of carbonyl (C=O) groups excluding carboxylic acids is 4.